The van der Waals surface area contributed by atoms with Gasteiger partial charge in [-0.2, -0.15) is 0 Å². The van der Waals surface area contributed by atoms with Gasteiger partial charge in [-0.05, 0) is 31.6 Å². The van der Waals surface area contributed by atoms with Gasteiger partial charge in [0.15, 0.2) is 0 Å². The van der Waals surface area contributed by atoms with E-state index in [1.54, 1.807) is 0 Å². The van der Waals surface area contributed by atoms with Crippen LogP contribution in [0.3, 0.4) is 0 Å². The maximum absolute atomic E-state index is 12.4. The number of hydrogen-bond donors (Lipinski definition) is 1. The van der Waals surface area contributed by atoms with Crippen LogP contribution < -0.4 is 0 Å². The van der Waals surface area contributed by atoms with Crippen molar-refractivity contribution >= 4 is 12.0 Å². The number of carbonyl (C=O) groups excluding carboxylic acids is 1. The summed E-state index contributed by atoms with van der Waals surface area (Å²) in [5.74, 6) is -0.483. The zero-order valence-corrected chi connectivity index (χ0v) is 11.5. The summed E-state index contributed by atoms with van der Waals surface area (Å²) in [5.41, 5.74) is 0. The van der Waals surface area contributed by atoms with Gasteiger partial charge in [0, 0.05) is 32.6 Å². The predicted octanol–water partition coefficient (Wildman–Crippen LogP) is 2.17. The van der Waals surface area contributed by atoms with Crippen LogP contribution in [0.4, 0.5) is 4.79 Å². The summed E-state index contributed by atoms with van der Waals surface area (Å²) in [6.45, 7) is 3.20. The minimum absolute atomic E-state index is 0.163. The Kier molecular flexibility index (Phi) is 5.05. The number of carboxylic acid groups (broad SMARTS) is 1. The Morgan fingerprint density at radius 3 is 1.95 bits per heavy atom. The lowest BCUT2D eigenvalue weighted by Crippen LogP contribution is -2.47. The second-order valence-electron chi connectivity index (χ2n) is 5.71. The number of piperidine rings is 1. The van der Waals surface area contributed by atoms with Crippen LogP contribution >= 0.6 is 0 Å². The molecule has 0 atom stereocenters. The normalized spacial score (nSPS) is 22.1. The molecule has 5 heteroatoms. The van der Waals surface area contributed by atoms with Crippen molar-refractivity contribution in [3.63, 3.8) is 0 Å². The van der Waals surface area contributed by atoms with Gasteiger partial charge < -0.3 is 14.9 Å². The number of amides is 2. The molecule has 2 saturated heterocycles. The first-order valence-corrected chi connectivity index (χ1v) is 7.42. The third-order valence-electron chi connectivity index (χ3n) is 4.22. The van der Waals surface area contributed by atoms with Crippen molar-refractivity contribution in [2.75, 3.05) is 26.2 Å². The largest absolute Gasteiger partial charge is 0.481 e. The average molecular weight is 268 g/mol. The molecule has 108 valence electrons. The van der Waals surface area contributed by atoms with Crippen LogP contribution in [-0.4, -0.2) is 53.1 Å². The zero-order valence-electron chi connectivity index (χ0n) is 11.5. The van der Waals surface area contributed by atoms with Gasteiger partial charge >= 0.3 is 12.0 Å². The van der Waals surface area contributed by atoms with E-state index in [1.165, 1.54) is 12.8 Å². The zero-order chi connectivity index (χ0) is 13.7. The van der Waals surface area contributed by atoms with Crippen LogP contribution in [0.1, 0.15) is 44.9 Å². The van der Waals surface area contributed by atoms with Crippen LogP contribution in [0.2, 0.25) is 0 Å². The molecule has 1 N–H and O–H groups in total. The summed E-state index contributed by atoms with van der Waals surface area (Å²) in [5, 5.41) is 8.79. The van der Waals surface area contributed by atoms with E-state index in [0.717, 1.165) is 38.8 Å². The Bertz CT molecular complexity index is 317. The fourth-order valence-corrected chi connectivity index (χ4v) is 3.04. The van der Waals surface area contributed by atoms with Gasteiger partial charge in [-0.25, -0.2) is 4.79 Å². The molecule has 0 unspecified atom stereocenters. The fourth-order valence-electron chi connectivity index (χ4n) is 3.04. The van der Waals surface area contributed by atoms with E-state index in [1.807, 2.05) is 9.80 Å². The number of likely N-dealkylation sites (tertiary alicyclic amines) is 2. The number of aliphatic carboxylic acids is 1. The van der Waals surface area contributed by atoms with Gasteiger partial charge in [0.25, 0.3) is 0 Å². The minimum Gasteiger partial charge on any atom is -0.481 e. The van der Waals surface area contributed by atoms with Gasteiger partial charge in [-0.15, -0.1) is 0 Å². The Hall–Kier alpha value is -1.26. The predicted molar refractivity (Wildman–Crippen MR) is 72.0 cm³/mol. The van der Waals surface area contributed by atoms with E-state index in [4.69, 9.17) is 5.11 Å². The molecular formula is C14H24N2O3. The number of hydrogen-bond acceptors (Lipinski definition) is 2. The van der Waals surface area contributed by atoms with Crippen LogP contribution in [-0.2, 0) is 4.79 Å². The number of carboxylic acids is 1. The maximum atomic E-state index is 12.4. The third-order valence-corrected chi connectivity index (χ3v) is 4.22. The van der Waals surface area contributed by atoms with E-state index in [9.17, 15) is 9.59 Å². The molecule has 2 amide bonds. The van der Waals surface area contributed by atoms with Crippen molar-refractivity contribution < 1.29 is 14.7 Å². The van der Waals surface area contributed by atoms with Gasteiger partial charge in [-0.3, -0.25) is 4.79 Å². The molecule has 19 heavy (non-hydrogen) atoms. The SMILES string of the molecule is O=C(O)CC1CCN(C(=O)N2CCCCCC2)CC1. The van der Waals surface area contributed by atoms with Crippen LogP contribution in [0.15, 0.2) is 0 Å². The second-order valence-corrected chi connectivity index (χ2v) is 5.71. The molecule has 2 aliphatic rings. The lowest BCUT2D eigenvalue weighted by atomic mass is 9.94. The summed E-state index contributed by atoms with van der Waals surface area (Å²) < 4.78 is 0. The van der Waals surface area contributed by atoms with Crippen LogP contribution in [0.25, 0.3) is 0 Å². The first kappa shape index (κ1) is 14.2. The molecule has 0 saturated carbocycles. The summed E-state index contributed by atoms with van der Waals surface area (Å²) in [4.78, 5) is 26.9. The first-order valence-electron chi connectivity index (χ1n) is 7.42. The molecule has 5 nitrogen and oxygen atoms in total. The number of carbonyl (C=O) groups is 2. The lowest BCUT2D eigenvalue weighted by Gasteiger charge is -2.35. The molecule has 0 aliphatic carbocycles. The number of urea groups is 1. The molecule has 0 aromatic rings. The molecule has 2 heterocycles. The highest BCUT2D eigenvalue weighted by atomic mass is 16.4. The highest BCUT2D eigenvalue weighted by molar-refractivity contribution is 5.74. The topological polar surface area (TPSA) is 60.9 Å². The lowest BCUT2D eigenvalue weighted by molar-refractivity contribution is -0.138. The van der Waals surface area contributed by atoms with Crippen molar-refractivity contribution in [3.8, 4) is 0 Å². The molecule has 2 aliphatic heterocycles. The Morgan fingerprint density at radius 2 is 1.42 bits per heavy atom. The molecule has 2 rings (SSSR count). The van der Waals surface area contributed by atoms with E-state index < -0.39 is 5.97 Å². The molecule has 0 aromatic heterocycles. The van der Waals surface area contributed by atoms with E-state index in [-0.39, 0.29) is 18.4 Å². The number of nitrogens with zero attached hydrogens (tertiary/aromatic N) is 2. The molecule has 0 radical (unpaired) electrons. The average Bonchev–Trinajstić information content (AvgIpc) is 2.67. The van der Waals surface area contributed by atoms with E-state index in [0.29, 0.717) is 13.1 Å². The summed E-state index contributed by atoms with van der Waals surface area (Å²) in [6.07, 6.45) is 6.57. The highest BCUT2D eigenvalue weighted by Crippen LogP contribution is 2.22. The summed E-state index contributed by atoms with van der Waals surface area (Å²) in [7, 11) is 0. The molecule has 0 bridgehead atoms. The van der Waals surface area contributed by atoms with Gasteiger partial charge in [0.05, 0.1) is 0 Å². The Morgan fingerprint density at radius 1 is 0.895 bits per heavy atom. The van der Waals surface area contributed by atoms with Crippen molar-refractivity contribution in [1.29, 1.82) is 0 Å². The highest BCUT2D eigenvalue weighted by Gasteiger charge is 2.27. The molecule has 2 fully saturated rings. The first-order chi connectivity index (χ1) is 9.16. The third kappa shape index (κ3) is 4.11. The second kappa shape index (κ2) is 6.78. The number of rotatable bonds is 2. The smallest absolute Gasteiger partial charge is 0.319 e. The molecular weight excluding hydrogens is 244 g/mol. The fraction of sp³-hybridized carbons (Fsp3) is 0.857. The van der Waals surface area contributed by atoms with Crippen molar-refractivity contribution in [3.05, 3.63) is 0 Å². The van der Waals surface area contributed by atoms with Crippen molar-refractivity contribution in [1.82, 2.24) is 9.80 Å². The minimum atomic E-state index is -0.725. The van der Waals surface area contributed by atoms with E-state index >= 15 is 0 Å². The Balaban J connectivity index is 1.79. The van der Waals surface area contributed by atoms with Crippen molar-refractivity contribution in [2.24, 2.45) is 5.92 Å². The van der Waals surface area contributed by atoms with Gasteiger partial charge in [0.1, 0.15) is 0 Å². The van der Waals surface area contributed by atoms with Gasteiger partial charge in [0.2, 0.25) is 0 Å². The summed E-state index contributed by atoms with van der Waals surface area (Å²) >= 11 is 0. The maximum Gasteiger partial charge on any atom is 0.319 e. The Labute approximate surface area is 114 Å². The quantitative estimate of drug-likeness (QED) is 0.835. The van der Waals surface area contributed by atoms with Crippen molar-refractivity contribution in [2.45, 2.75) is 44.9 Å². The van der Waals surface area contributed by atoms with E-state index in [2.05, 4.69) is 0 Å². The summed E-state index contributed by atoms with van der Waals surface area (Å²) in [6, 6.07) is 0.163. The molecule has 0 spiro atoms. The standard InChI is InChI=1S/C14H24N2O3/c17-13(18)11-12-5-9-16(10-6-12)14(19)15-7-3-1-2-4-8-15/h12H,1-11H2,(H,17,18). The molecule has 0 aromatic carbocycles. The van der Waals surface area contributed by atoms with Crippen LogP contribution in [0.5, 0.6) is 0 Å². The monoisotopic (exact) mass is 268 g/mol. The van der Waals surface area contributed by atoms with Crippen LogP contribution in [0, 0.1) is 5.92 Å². The van der Waals surface area contributed by atoms with Gasteiger partial charge in [-0.1, -0.05) is 12.8 Å².